The molecular formula is C21H25N3O3. The van der Waals surface area contributed by atoms with Crippen molar-refractivity contribution < 1.29 is 14.3 Å². The normalized spacial score (nSPS) is 14.6. The highest BCUT2D eigenvalue weighted by Gasteiger charge is 2.23. The Balaban J connectivity index is 1.45. The maximum Gasteiger partial charge on any atom is 0.321 e. The number of anilines is 2. The van der Waals surface area contributed by atoms with Gasteiger partial charge in [-0.05, 0) is 36.6 Å². The number of carbonyl (C=O) groups is 2. The van der Waals surface area contributed by atoms with E-state index in [0.717, 1.165) is 18.4 Å². The van der Waals surface area contributed by atoms with Gasteiger partial charge in [-0.3, -0.25) is 4.79 Å². The van der Waals surface area contributed by atoms with E-state index in [1.807, 2.05) is 18.2 Å². The fourth-order valence-corrected chi connectivity index (χ4v) is 3.09. The van der Waals surface area contributed by atoms with Crippen molar-refractivity contribution in [3.05, 3.63) is 60.2 Å². The topological polar surface area (TPSA) is 70.7 Å². The van der Waals surface area contributed by atoms with Crippen molar-refractivity contribution in [1.29, 1.82) is 0 Å². The SMILES string of the molecule is CC(=O)Nc1cccc(NC(=O)N2CCC(OCc3ccccc3)CC2)c1. The highest BCUT2D eigenvalue weighted by Crippen LogP contribution is 2.19. The molecule has 0 spiro atoms. The molecule has 6 heteroatoms. The maximum atomic E-state index is 12.5. The van der Waals surface area contributed by atoms with Crippen LogP contribution in [0.1, 0.15) is 25.3 Å². The number of amides is 3. The van der Waals surface area contributed by atoms with Crippen LogP contribution in [0.4, 0.5) is 16.2 Å². The molecule has 0 aliphatic carbocycles. The van der Waals surface area contributed by atoms with Gasteiger partial charge in [0, 0.05) is 31.4 Å². The van der Waals surface area contributed by atoms with Gasteiger partial charge in [-0.15, -0.1) is 0 Å². The zero-order chi connectivity index (χ0) is 19.1. The summed E-state index contributed by atoms with van der Waals surface area (Å²) in [6.07, 6.45) is 1.83. The Morgan fingerprint density at radius 2 is 1.67 bits per heavy atom. The number of benzene rings is 2. The molecule has 1 heterocycles. The number of nitrogens with zero attached hydrogens (tertiary/aromatic N) is 1. The summed E-state index contributed by atoms with van der Waals surface area (Å²) in [7, 11) is 0. The van der Waals surface area contributed by atoms with Gasteiger partial charge in [-0.25, -0.2) is 4.79 Å². The summed E-state index contributed by atoms with van der Waals surface area (Å²) < 4.78 is 5.97. The van der Waals surface area contributed by atoms with Crippen LogP contribution >= 0.6 is 0 Å². The van der Waals surface area contributed by atoms with E-state index in [9.17, 15) is 9.59 Å². The average molecular weight is 367 g/mol. The van der Waals surface area contributed by atoms with Crippen LogP contribution in [0.3, 0.4) is 0 Å². The highest BCUT2D eigenvalue weighted by molar-refractivity contribution is 5.92. The lowest BCUT2D eigenvalue weighted by Crippen LogP contribution is -2.43. The van der Waals surface area contributed by atoms with E-state index in [1.165, 1.54) is 6.92 Å². The lowest BCUT2D eigenvalue weighted by atomic mass is 10.1. The van der Waals surface area contributed by atoms with Crippen molar-refractivity contribution in [1.82, 2.24) is 4.90 Å². The third-order valence-electron chi connectivity index (χ3n) is 4.49. The van der Waals surface area contributed by atoms with E-state index >= 15 is 0 Å². The van der Waals surface area contributed by atoms with Gasteiger partial charge in [0.15, 0.2) is 0 Å². The number of nitrogens with one attached hydrogen (secondary N) is 2. The molecule has 0 aromatic heterocycles. The van der Waals surface area contributed by atoms with Crippen LogP contribution < -0.4 is 10.6 Å². The van der Waals surface area contributed by atoms with Crippen LogP contribution in [-0.2, 0) is 16.1 Å². The molecule has 0 saturated carbocycles. The van der Waals surface area contributed by atoms with Crippen LogP contribution in [-0.4, -0.2) is 36.0 Å². The third kappa shape index (κ3) is 5.82. The molecule has 0 radical (unpaired) electrons. The first-order valence-electron chi connectivity index (χ1n) is 9.19. The number of rotatable bonds is 5. The largest absolute Gasteiger partial charge is 0.373 e. The molecule has 1 aliphatic rings. The predicted octanol–water partition coefficient (Wildman–Crippen LogP) is 3.86. The summed E-state index contributed by atoms with van der Waals surface area (Å²) in [5.41, 5.74) is 2.48. The first-order chi connectivity index (χ1) is 13.1. The monoisotopic (exact) mass is 367 g/mol. The van der Waals surface area contributed by atoms with E-state index < -0.39 is 0 Å². The summed E-state index contributed by atoms with van der Waals surface area (Å²) in [6.45, 7) is 3.39. The van der Waals surface area contributed by atoms with Crippen molar-refractivity contribution in [3.63, 3.8) is 0 Å². The van der Waals surface area contributed by atoms with Crippen molar-refractivity contribution in [2.75, 3.05) is 23.7 Å². The number of urea groups is 1. The second-order valence-corrected chi connectivity index (χ2v) is 6.68. The van der Waals surface area contributed by atoms with Gasteiger partial charge in [0.1, 0.15) is 0 Å². The molecule has 1 saturated heterocycles. The Hall–Kier alpha value is -2.86. The number of hydrogen-bond acceptors (Lipinski definition) is 3. The zero-order valence-corrected chi connectivity index (χ0v) is 15.5. The molecule has 3 rings (SSSR count). The van der Waals surface area contributed by atoms with E-state index in [1.54, 1.807) is 29.2 Å². The number of ether oxygens (including phenoxy) is 1. The summed E-state index contributed by atoms with van der Waals surface area (Å²) >= 11 is 0. The Bertz CT molecular complexity index is 771. The maximum absolute atomic E-state index is 12.5. The Kier molecular flexibility index (Phi) is 6.44. The number of piperidine rings is 1. The van der Waals surface area contributed by atoms with Crippen molar-refractivity contribution in [2.45, 2.75) is 32.5 Å². The smallest absolute Gasteiger partial charge is 0.321 e. The Labute approximate surface area is 159 Å². The molecule has 142 valence electrons. The average Bonchev–Trinajstić information content (AvgIpc) is 2.67. The Morgan fingerprint density at radius 1 is 1.00 bits per heavy atom. The third-order valence-corrected chi connectivity index (χ3v) is 4.49. The number of hydrogen-bond donors (Lipinski definition) is 2. The quantitative estimate of drug-likeness (QED) is 0.843. The summed E-state index contributed by atoms with van der Waals surface area (Å²) in [4.78, 5) is 25.4. The van der Waals surface area contributed by atoms with E-state index in [4.69, 9.17) is 4.74 Å². The predicted molar refractivity (Wildman–Crippen MR) is 106 cm³/mol. The Morgan fingerprint density at radius 3 is 2.33 bits per heavy atom. The van der Waals surface area contributed by atoms with E-state index in [-0.39, 0.29) is 18.0 Å². The summed E-state index contributed by atoms with van der Waals surface area (Å²) in [6, 6.07) is 17.1. The van der Waals surface area contributed by atoms with Gasteiger partial charge in [0.05, 0.1) is 12.7 Å². The van der Waals surface area contributed by atoms with Gasteiger partial charge in [-0.2, -0.15) is 0 Å². The van der Waals surface area contributed by atoms with E-state index in [0.29, 0.717) is 31.1 Å². The second kappa shape index (κ2) is 9.19. The summed E-state index contributed by atoms with van der Waals surface area (Å²) in [5.74, 6) is -0.143. The molecular weight excluding hydrogens is 342 g/mol. The van der Waals surface area contributed by atoms with Crippen molar-refractivity contribution >= 4 is 23.3 Å². The van der Waals surface area contributed by atoms with Gasteiger partial charge < -0.3 is 20.3 Å². The zero-order valence-electron chi connectivity index (χ0n) is 15.5. The standard InChI is InChI=1S/C21H25N3O3/c1-16(25)22-18-8-5-9-19(14-18)23-21(26)24-12-10-20(11-13-24)27-15-17-6-3-2-4-7-17/h2-9,14,20H,10-13,15H2,1H3,(H,22,25)(H,23,26). The van der Waals surface area contributed by atoms with Gasteiger partial charge in [-0.1, -0.05) is 36.4 Å². The van der Waals surface area contributed by atoms with Crippen LogP contribution in [0.15, 0.2) is 54.6 Å². The molecule has 2 N–H and O–H groups in total. The minimum atomic E-state index is -0.143. The highest BCUT2D eigenvalue weighted by atomic mass is 16.5. The second-order valence-electron chi connectivity index (χ2n) is 6.68. The molecule has 0 atom stereocenters. The molecule has 0 unspecified atom stereocenters. The minimum absolute atomic E-state index is 0.128. The van der Waals surface area contributed by atoms with Crippen molar-refractivity contribution in [2.24, 2.45) is 0 Å². The molecule has 27 heavy (non-hydrogen) atoms. The molecule has 6 nitrogen and oxygen atoms in total. The minimum Gasteiger partial charge on any atom is -0.373 e. The first kappa shape index (κ1) is 18.9. The van der Waals surface area contributed by atoms with Gasteiger partial charge >= 0.3 is 6.03 Å². The lowest BCUT2D eigenvalue weighted by molar-refractivity contribution is -0.114. The molecule has 2 aromatic carbocycles. The van der Waals surface area contributed by atoms with Gasteiger partial charge in [0.25, 0.3) is 0 Å². The van der Waals surface area contributed by atoms with Crippen LogP contribution in [0.5, 0.6) is 0 Å². The first-order valence-corrected chi connectivity index (χ1v) is 9.19. The van der Waals surface area contributed by atoms with Crippen molar-refractivity contribution in [3.8, 4) is 0 Å². The van der Waals surface area contributed by atoms with Crippen LogP contribution in [0.25, 0.3) is 0 Å². The van der Waals surface area contributed by atoms with Crippen LogP contribution in [0.2, 0.25) is 0 Å². The fourth-order valence-electron chi connectivity index (χ4n) is 3.09. The summed E-state index contributed by atoms with van der Waals surface area (Å²) in [5, 5.41) is 5.60. The lowest BCUT2D eigenvalue weighted by Gasteiger charge is -2.32. The molecule has 2 aromatic rings. The fraction of sp³-hybridized carbons (Fsp3) is 0.333. The molecule has 1 fully saturated rings. The molecule has 3 amide bonds. The number of likely N-dealkylation sites (tertiary alicyclic amines) is 1. The number of carbonyl (C=O) groups excluding carboxylic acids is 2. The van der Waals surface area contributed by atoms with E-state index in [2.05, 4.69) is 22.8 Å². The molecule has 1 aliphatic heterocycles. The van der Waals surface area contributed by atoms with Crippen LogP contribution in [0, 0.1) is 0 Å². The van der Waals surface area contributed by atoms with Gasteiger partial charge in [0.2, 0.25) is 5.91 Å². The molecule has 0 bridgehead atoms.